The standard InChI is InChI=1S/C12H14BrN3O/c1-3-7-6-9(16-14)11-10(17-2)5-4-8(13)12(11)15-7/h4-6H,3,14H2,1-2H3,(H,15,16). The van der Waals surface area contributed by atoms with Crippen molar-refractivity contribution in [3.05, 3.63) is 28.4 Å². The van der Waals surface area contributed by atoms with Crippen molar-refractivity contribution in [2.45, 2.75) is 13.3 Å². The number of methoxy groups -OCH3 is 1. The molecule has 4 nitrogen and oxygen atoms in total. The van der Waals surface area contributed by atoms with Crippen LogP contribution in [0.4, 0.5) is 5.69 Å². The van der Waals surface area contributed by atoms with Gasteiger partial charge in [-0.3, -0.25) is 10.8 Å². The van der Waals surface area contributed by atoms with Gasteiger partial charge in [0.2, 0.25) is 0 Å². The Morgan fingerprint density at radius 1 is 1.47 bits per heavy atom. The van der Waals surface area contributed by atoms with E-state index >= 15 is 0 Å². The molecule has 1 aromatic carbocycles. The molecule has 0 saturated heterocycles. The molecule has 0 amide bonds. The number of fused-ring (bicyclic) bond motifs is 1. The van der Waals surface area contributed by atoms with Crippen LogP contribution in [-0.4, -0.2) is 12.1 Å². The summed E-state index contributed by atoms with van der Waals surface area (Å²) in [5.74, 6) is 6.32. The Labute approximate surface area is 108 Å². The molecular weight excluding hydrogens is 282 g/mol. The molecule has 1 aromatic heterocycles. The molecule has 0 aliphatic carbocycles. The summed E-state index contributed by atoms with van der Waals surface area (Å²) in [6.45, 7) is 2.06. The first kappa shape index (κ1) is 12.1. The number of pyridine rings is 1. The second-order valence-electron chi connectivity index (χ2n) is 3.63. The number of ether oxygens (including phenoxy) is 1. The second kappa shape index (κ2) is 4.89. The Morgan fingerprint density at radius 2 is 2.24 bits per heavy atom. The fourth-order valence-electron chi connectivity index (χ4n) is 1.80. The van der Waals surface area contributed by atoms with E-state index in [1.54, 1.807) is 7.11 Å². The minimum absolute atomic E-state index is 0.756. The fraction of sp³-hybridized carbons (Fsp3) is 0.250. The van der Waals surface area contributed by atoms with Gasteiger partial charge in [-0.2, -0.15) is 0 Å². The maximum atomic E-state index is 5.56. The molecule has 0 unspecified atom stereocenters. The van der Waals surface area contributed by atoms with E-state index in [1.807, 2.05) is 18.2 Å². The van der Waals surface area contributed by atoms with Gasteiger partial charge in [0.1, 0.15) is 5.75 Å². The van der Waals surface area contributed by atoms with Gasteiger partial charge >= 0.3 is 0 Å². The predicted molar refractivity (Wildman–Crippen MR) is 73.2 cm³/mol. The molecule has 0 aliphatic heterocycles. The normalized spacial score (nSPS) is 10.6. The highest BCUT2D eigenvalue weighted by molar-refractivity contribution is 9.10. The number of rotatable bonds is 3. The molecule has 0 radical (unpaired) electrons. The Bertz CT molecular complexity index is 557. The number of aromatic nitrogens is 1. The monoisotopic (exact) mass is 295 g/mol. The summed E-state index contributed by atoms with van der Waals surface area (Å²) in [5.41, 5.74) is 5.37. The van der Waals surface area contributed by atoms with Gasteiger partial charge in [0.15, 0.2) is 0 Å². The fourth-order valence-corrected chi connectivity index (χ4v) is 2.22. The molecule has 0 saturated carbocycles. The number of halogens is 1. The molecule has 1 heterocycles. The Morgan fingerprint density at radius 3 is 2.82 bits per heavy atom. The molecule has 2 aromatic rings. The number of anilines is 1. The van der Waals surface area contributed by atoms with Gasteiger partial charge in [0.05, 0.1) is 23.7 Å². The highest BCUT2D eigenvalue weighted by Gasteiger charge is 2.12. The van der Waals surface area contributed by atoms with E-state index < -0.39 is 0 Å². The highest BCUT2D eigenvalue weighted by Crippen LogP contribution is 2.35. The highest BCUT2D eigenvalue weighted by atomic mass is 79.9. The lowest BCUT2D eigenvalue weighted by atomic mass is 10.1. The quantitative estimate of drug-likeness (QED) is 0.675. The van der Waals surface area contributed by atoms with Gasteiger partial charge in [0.25, 0.3) is 0 Å². The minimum Gasteiger partial charge on any atom is -0.496 e. The predicted octanol–water partition coefficient (Wildman–Crippen LogP) is 2.85. The van der Waals surface area contributed by atoms with Gasteiger partial charge in [-0.15, -0.1) is 0 Å². The van der Waals surface area contributed by atoms with Crippen molar-refractivity contribution in [2.24, 2.45) is 5.84 Å². The number of benzene rings is 1. The van der Waals surface area contributed by atoms with E-state index in [1.165, 1.54) is 0 Å². The molecule has 5 heteroatoms. The van der Waals surface area contributed by atoms with Crippen LogP contribution in [0.1, 0.15) is 12.6 Å². The van der Waals surface area contributed by atoms with Crippen LogP contribution in [0.2, 0.25) is 0 Å². The van der Waals surface area contributed by atoms with Gasteiger partial charge in [-0.1, -0.05) is 6.92 Å². The first-order valence-corrected chi connectivity index (χ1v) is 6.13. The van der Waals surface area contributed by atoms with Gasteiger partial charge in [-0.05, 0) is 40.5 Å². The molecule has 0 atom stereocenters. The first-order valence-electron chi connectivity index (χ1n) is 5.34. The van der Waals surface area contributed by atoms with E-state index in [2.05, 4.69) is 33.3 Å². The summed E-state index contributed by atoms with van der Waals surface area (Å²) in [6.07, 6.45) is 0.855. The summed E-state index contributed by atoms with van der Waals surface area (Å²) in [6, 6.07) is 5.76. The SMILES string of the molecule is CCc1cc(NN)c2c(OC)ccc(Br)c2n1. The zero-order chi connectivity index (χ0) is 12.4. The number of hydrogen-bond donors (Lipinski definition) is 2. The summed E-state index contributed by atoms with van der Waals surface area (Å²) >= 11 is 3.50. The average Bonchev–Trinajstić information content (AvgIpc) is 2.38. The van der Waals surface area contributed by atoms with Crippen LogP contribution in [0.5, 0.6) is 5.75 Å². The molecule has 3 N–H and O–H groups in total. The maximum absolute atomic E-state index is 5.56. The minimum atomic E-state index is 0.756. The summed E-state index contributed by atoms with van der Waals surface area (Å²) in [4.78, 5) is 4.59. The number of hydrogen-bond acceptors (Lipinski definition) is 4. The third-order valence-corrected chi connectivity index (χ3v) is 3.30. The molecule has 2 rings (SSSR count). The average molecular weight is 296 g/mol. The topological polar surface area (TPSA) is 60.2 Å². The largest absolute Gasteiger partial charge is 0.496 e. The summed E-state index contributed by atoms with van der Waals surface area (Å²) in [5, 5.41) is 0.890. The molecule has 0 fully saturated rings. The summed E-state index contributed by atoms with van der Waals surface area (Å²) < 4.78 is 6.27. The Balaban J connectivity index is 2.86. The number of nitrogen functional groups attached to an aromatic ring is 1. The van der Waals surface area contributed by atoms with Crippen molar-refractivity contribution in [3.8, 4) is 5.75 Å². The number of nitrogens with one attached hydrogen (secondary N) is 1. The smallest absolute Gasteiger partial charge is 0.130 e. The lowest BCUT2D eigenvalue weighted by molar-refractivity contribution is 0.420. The molecule has 0 spiro atoms. The van der Waals surface area contributed by atoms with E-state index in [9.17, 15) is 0 Å². The van der Waals surface area contributed by atoms with Crippen LogP contribution in [0.3, 0.4) is 0 Å². The van der Waals surface area contributed by atoms with Crippen LogP contribution in [0.25, 0.3) is 10.9 Å². The molecule has 0 bridgehead atoms. The Kier molecular flexibility index (Phi) is 3.49. The van der Waals surface area contributed by atoms with E-state index in [0.717, 1.165) is 38.9 Å². The molecule has 0 aliphatic rings. The van der Waals surface area contributed by atoms with Crippen molar-refractivity contribution in [1.82, 2.24) is 4.98 Å². The molecular formula is C12H14BrN3O. The van der Waals surface area contributed by atoms with Crippen LogP contribution in [0, 0.1) is 0 Å². The number of hydrazine groups is 1. The lowest BCUT2D eigenvalue weighted by Crippen LogP contribution is -2.09. The zero-order valence-corrected chi connectivity index (χ0v) is 11.3. The Hall–Kier alpha value is -1.33. The second-order valence-corrected chi connectivity index (χ2v) is 4.49. The van der Waals surface area contributed by atoms with Crippen molar-refractivity contribution >= 4 is 32.5 Å². The van der Waals surface area contributed by atoms with Crippen molar-refractivity contribution in [3.63, 3.8) is 0 Å². The van der Waals surface area contributed by atoms with E-state index in [0.29, 0.717) is 0 Å². The van der Waals surface area contributed by atoms with Gasteiger partial charge in [0, 0.05) is 10.2 Å². The van der Waals surface area contributed by atoms with Crippen molar-refractivity contribution in [2.75, 3.05) is 12.5 Å². The first-order chi connectivity index (χ1) is 8.21. The van der Waals surface area contributed by atoms with Gasteiger partial charge in [-0.25, -0.2) is 0 Å². The van der Waals surface area contributed by atoms with Gasteiger partial charge < -0.3 is 10.2 Å². The molecule has 90 valence electrons. The number of nitrogens with two attached hydrogens (primary N) is 1. The van der Waals surface area contributed by atoms with E-state index in [4.69, 9.17) is 10.6 Å². The summed E-state index contributed by atoms with van der Waals surface area (Å²) in [7, 11) is 1.64. The van der Waals surface area contributed by atoms with Crippen LogP contribution >= 0.6 is 15.9 Å². The van der Waals surface area contributed by atoms with Crippen LogP contribution in [-0.2, 0) is 6.42 Å². The lowest BCUT2D eigenvalue weighted by Gasteiger charge is -2.12. The zero-order valence-electron chi connectivity index (χ0n) is 9.75. The number of aryl methyl sites for hydroxylation is 1. The third-order valence-electron chi connectivity index (χ3n) is 2.66. The number of nitrogens with zero attached hydrogens (tertiary/aromatic N) is 1. The van der Waals surface area contributed by atoms with E-state index in [-0.39, 0.29) is 0 Å². The van der Waals surface area contributed by atoms with Crippen LogP contribution < -0.4 is 16.0 Å². The van der Waals surface area contributed by atoms with Crippen molar-refractivity contribution < 1.29 is 4.74 Å². The van der Waals surface area contributed by atoms with Crippen LogP contribution in [0.15, 0.2) is 22.7 Å². The third kappa shape index (κ3) is 2.08. The molecule has 17 heavy (non-hydrogen) atoms. The maximum Gasteiger partial charge on any atom is 0.130 e. The van der Waals surface area contributed by atoms with Crippen molar-refractivity contribution in [1.29, 1.82) is 0 Å².